The topological polar surface area (TPSA) is 26.3 Å². The maximum atomic E-state index is 11.8. The van der Waals surface area contributed by atoms with Crippen LogP contribution in [0.2, 0.25) is 0 Å². The van der Waals surface area contributed by atoms with Crippen LogP contribution in [0.1, 0.15) is 25.0 Å². The highest BCUT2D eigenvalue weighted by Crippen LogP contribution is 2.16. The van der Waals surface area contributed by atoms with Crippen molar-refractivity contribution in [3.63, 3.8) is 0 Å². The lowest BCUT2D eigenvalue weighted by Crippen LogP contribution is -2.21. The third kappa shape index (κ3) is 4.60. The van der Waals surface area contributed by atoms with Gasteiger partial charge in [0.1, 0.15) is 5.78 Å². The molecule has 17 heavy (non-hydrogen) atoms. The summed E-state index contributed by atoms with van der Waals surface area (Å²) in [5, 5.41) is 0. The number of methoxy groups -OCH3 is 1. The van der Waals surface area contributed by atoms with Gasteiger partial charge in [-0.1, -0.05) is 54.0 Å². The summed E-state index contributed by atoms with van der Waals surface area (Å²) in [6.45, 7) is 4.47. The molecule has 1 aromatic carbocycles. The third-order valence-electron chi connectivity index (χ3n) is 2.60. The number of Topliss-reactive ketones (excluding diaryl/α,β-unsaturated/α-hetero) is 1. The van der Waals surface area contributed by atoms with Gasteiger partial charge in [-0.3, -0.25) is 4.79 Å². The first-order valence-corrected chi connectivity index (χ1v) is 6.70. The van der Waals surface area contributed by atoms with Gasteiger partial charge in [-0.25, -0.2) is 0 Å². The van der Waals surface area contributed by atoms with Gasteiger partial charge >= 0.3 is 0 Å². The molecule has 0 aliphatic heterocycles. The van der Waals surface area contributed by atoms with E-state index in [9.17, 15) is 4.79 Å². The first-order chi connectivity index (χ1) is 8.04. The van der Waals surface area contributed by atoms with Crippen LogP contribution >= 0.6 is 15.9 Å². The Bertz CT molecular complexity index is 374. The molecule has 0 aliphatic rings. The molecule has 0 bridgehead atoms. The average molecular weight is 299 g/mol. The van der Waals surface area contributed by atoms with E-state index >= 15 is 0 Å². The molecule has 1 aromatic rings. The highest BCUT2D eigenvalue weighted by molar-refractivity contribution is 9.10. The van der Waals surface area contributed by atoms with E-state index in [0.717, 1.165) is 17.5 Å². The molecule has 1 atom stereocenters. The Balaban J connectivity index is 2.68. The summed E-state index contributed by atoms with van der Waals surface area (Å²) in [5.74, 6) is 0.323. The lowest BCUT2D eigenvalue weighted by atomic mass is 10.00. The standard InChI is InChI=1S/C14H19BrO2/c1-10(2)14(16)13(15)8-11-5-4-6-12(7-11)9-17-3/h4-7,10,13H,8-9H2,1-3H3. The van der Waals surface area contributed by atoms with Crippen LogP contribution in [0.15, 0.2) is 24.3 Å². The Morgan fingerprint density at radius 1 is 1.35 bits per heavy atom. The molecular weight excluding hydrogens is 280 g/mol. The maximum Gasteiger partial charge on any atom is 0.149 e. The fourth-order valence-corrected chi connectivity index (χ4v) is 2.58. The van der Waals surface area contributed by atoms with Crippen LogP contribution in [0.4, 0.5) is 0 Å². The van der Waals surface area contributed by atoms with E-state index in [-0.39, 0.29) is 16.5 Å². The predicted molar refractivity (Wildman–Crippen MR) is 73.4 cm³/mol. The van der Waals surface area contributed by atoms with Crippen LogP contribution in [0, 0.1) is 5.92 Å². The quantitative estimate of drug-likeness (QED) is 0.753. The van der Waals surface area contributed by atoms with Gasteiger partial charge in [0.25, 0.3) is 0 Å². The normalized spacial score (nSPS) is 12.8. The van der Waals surface area contributed by atoms with Gasteiger partial charge in [0.2, 0.25) is 0 Å². The van der Waals surface area contributed by atoms with E-state index < -0.39 is 0 Å². The number of carbonyl (C=O) groups excluding carboxylic acids is 1. The molecule has 0 amide bonds. The summed E-state index contributed by atoms with van der Waals surface area (Å²) in [6.07, 6.45) is 0.731. The molecule has 0 radical (unpaired) electrons. The second kappa shape index (κ2) is 6.92. The molecule has 0 aromatic heterocycles. The number of rotatable bonds is 6. The van der Waals surface area contributed by atoms with E-state index in [1.54, 1.807) is 7.11 Å². The Hall–Kier alpha value is -0.670. The number of alkyl halides is 1. The van der Waals surface area contributed by atoms with E-state index in [2.05, 4.69) is 22.0 Å². The number of benzene rings is 1. The van der Waals surface area contributed by atoms with Crippen LogP contribution in [0.5, 0.6) is 0 Å². The molecule has 0 saturated heterocycles. The first kappa shape index (κ1) is 14.4. The Morgan fingerprint density at radius 3 is 2.59 bits per heavy atom. The van der Waals surface area contributed by atoms with Crippen molar-refractivity contribution in [1.82, 2.24) is 0 Å². The van der Waals surface area contributed by atoms with E-state index in [0.29, 0.717) is 6.61 Å². The van der Waals surface area contributed by atoms with E-state index in [1.807, 2.05) is 32.0 Å². The highest BCUT2D eigenvalue weighted by Gasteiger charge is 2.18. The van der Waals surface area contributed by atoms with Crippen molar-refractivity contribution >= 4 is 21.7 Å². The van der Waals surface area contributed by atoms with Crippen LogP contribution in [-0.2, 0) is 22.6 Å². The van der Waals surface area contributed by atoms with Gasteiger partial charge in [-0.05, 0) is 17.5 Å². The molecule has 2 nitrogen and oxygen atoms in total. The van der Waals surface area contributed by atoms with Crippen LogP contribution in [0.3, 0.4) is 0 Å². The lowest BCUT2D eigenvalue weighted by Gasteiger charge is -2.12. The van der Waals surface area contributed by atoms with Gasteiger partial charge in [0, 0.05) is 13.0 Å². The molecular formula is C14H19BrO2. The summed E-state index contributed by atoms with van der Waals surface area (Å²) < 4.78 is 5.09. The largest absolute Gasteiger partial charge is 0.380 e. The number of ketones is 1. The maximum absolute atomic E-state index is 11.8. The minimum absolute atomic E-state index is 0.0709. The van der Waals surface area contributed by atoms with E-state index in [4.69, 9.17) is 4.74 Å². The van der Waals surface area contributed by atoms with Crippen molar-refractivity contribution in [2.45, 2.75) is 31.7 Å². The molecule has 0 aliphatic carbocycles. The zero-order chi connectivity index (χ0) is 12.8. The van der Waals surface area contributed by atoms with Crippen LogP contribution < -0.4 is 0 Å². The zero-order valence-corrected chi connectivity index (χ0v) is 12.2. The van der Waals surface area contributed by atoms with E-state index in [1.165, 1.54) is 0 Å². The zero-order valence-electron chi connectivity index (χ0n) is 10.6. The summed E-state index contributed by atoms with van der Waals surface area (Å²) in [4.78, 5) is 11.7. The van der Waals surface area contributed by atoms with Crippen molar-refractivity contribution < 1.29 is 9.53 Å². The van der Waals surface area contributed by atoms with Crippen LogP contribution in [0.25, 0.3) is 0 Å². The minimum atomic E-state index is -0.0969. The fourth-order valence-electron chi connectivity index (χ4n) is 1.68. The van der Waals surface area contributed by atoms with Gasteiger partial charge in [0.15, 0.2) is 0 Å². The van der Waals surface area contributed by atoms with Crippen LogP contribution in [-0.4, -0.2) is 17.7 Å². The van der Waals surface area contributed by atoms with Gasteiger partial charge < -0.3 is 4.74 Å². The Morgan fingerprint density at radius 2 is 2.00 bits per heavy atom. The molecule has 0 fully saturated rings. The van der Waals surface area contributed by atoms with Gasteiger partial charge in [-0.15, -0.1) is 0 Å². The SMILES string of the molecule is COCc1cccc(CC(Br)C(=O)C(C)C)c1. The van der Waals surface area contributed by atoms with Crippen molar-refractivity contribution in [3.05, 3.63) is 35.4 Å². The number of hydrogen-bond acceptors (Lipinski definition) is 2. The third-order valence-corrected chi connectivity index (χ3v) is 3.37. The summed E-state index contributed by atoms with van der Waals surface area (Å²) >= 11 is 3.46. The molecule has 1 unspecified atom stereocenters. The lowest BCUT2D eigenvalue weighted by molar-refractivity contribution is -0.121. The number of carbonyl (C=O) groups is 1. The summed E-state index contributed by atoms with van der Waals surface area (Å²) in [7, 11) is 1.68. The Labute approximate surface area is 111 Å². The Kier molecular flexibility index (Phi) is 5.86. The van der Waals surface area contributed by atoms with Crippen molar-refractivity contribution in [2.75, 3.05) is 7.11 Å². The predicted octanol–water partition coefficient (Wildman–Crippen LogP) is 3.36. The van der Waals surface area contributed by atoms with Gasteiger partial charge in [0.05, 0.1) is 11.4 Å². The first-order valence-electron chi connectivity index (χ1n) is 5.79. The summed E-state index contributed by atoms with van der Waals surface area (Å²) in [6, 6.07) is 8.16. The summed E-state index contributed by atoms with van der Waals surface area (Å²) in [5.41, 5.74) is 2.30. The molecule has 0 saturated carbocycles. The average Bonchev–Trinajstić information content (AvgIpc) is 2.28. The molecule has 94 valence electrons. The van der Waals surface area contributed by atoms with Gasteiger partial charge in [-0.2, -0.15) is 0 Å². The minimum Gasteiger partial charge on any atom is -0.380 e. The number of ether oxygens (including phenoxy) is 1. The van der Waals surface area contributed by atoms with Crippen molar-refractivity contribution in [1.29, 1.82) is 0 Å². The van der Waals surface area contributed by atoms with Crippen molar-refractivity contribution in [2.24, 2.45) is 5.92 Å². The second-order valence-electron chi connectivity index (χ2n) is 4.48. The smallest absolute Gasteiger partial charge is 0.149 e. The fraction of sp³-hybridized carbons (Fsp3) is 0.500. The molecule has 1 rings (SSSR count). The second-order valence-corrected chi connectivity index (χ2v) is 5.59. The molecule has 0 spiro atoms. The number of halogens is 1. The molecule has 3 heteroatoms. The molecule has 0 N–H and O–H groups in total. The highest BCUT2D eigenvalue weighted by atomic mass is 79.9. The monoisotopic (exact) mass is 298 g/mol. The molecule has 0 heterocycles. The van der Waals surface area contributed by atoms with Crippen molar-refractivity contribution in [3.8, 4) is 0 Å². The number of hydrogen-bond donors (Lipinski definition) is 0.